The summed E-state index contributed by atoms with van der Waals surface area (Å²) in [6, 6.07) is 0. The maximum atomic E-state index is 4.24. The van der Waals surface area contributed by atoms with Crippen LogP contribution in [0.1, 0.15) is 119 Å². The van der Waals surface area contributed by atoms with Gasteiger partial charge in [-0.2, -0.15) is 0 Å². The van der Waals surface area contributed by atoms with Gasteiger partial charge in [-0.25, -0.2) is 0 Å². The summed E-state index contributed by atoms with van der Waals surface area (Å²) in [5.74, 6) is 3.42. The summed E-state index contributed by atoms with van der Waals surface area (Å²) >= 11 is 0. The third-order valence-electron chi connectivity index (χ3n) is 14.3. The minimum Gasteiger partial charge on any atom is -0.106 e. The van der Waals surface area contributed by atoms with Gasteiger partial charge in [-0.1, -0.05) is 65.7 Å². The van der Waals surface area contributed by atoms with E-state index >= 15 is 0 Å². The Bertz CT molecular complexity index is 903. The van der Waals surface area contributed by atoms with Gasteiger partial charge in [-0.15, -0.1) is 19.7 Å². The zero-order valence-corrected chi connectivity index (χ0v) is 23.8. The molecule has 5 saturated carbocycles. The van der Waals surface area contributed by atoms with Crippen molar-refractivity contribution in [3.63, 3.8) is 0 Å². The van der Waals surface area contributed by atoms with Crippen LogP contribution in [0.4, 0.5) is 0 Å². The average molecular weight is 463 g/mol. The van der Waals surface area contributed by atoms with E-state index in [0.717, 1.165) is 23.7 Å². The largest absolute Gasteiger partial charge is 0.106 e. The number of rotatable bonds is 3. The molecule has 0 heterocycles. The molecule has 0 aromatic carbocycles. The quantitative estimate of drug-likeness (QED) is 0.366. The molecule has 0 N–H and O–H groups in total. The lowest BCUT2D eigenvalue weighted by molar-refractivity contribution is -0.125. The molecule has 5 fully saturated rings. The number of allylic oxidation sites excluding steroid dienone is 3. The van der Waals surface area contributed by atoms with Crippen LogP contribution < -0.4 is 0 Å². The van der Waals surface area contributed by atoms with E-state index in [1.54, 1.807) is 0 Å². The Labute approximate surface area is 212 Å². The van der Waals surface area contributed by atoms with Crippen molar-refractivity contribution in [2.75, 3.05) is 0 Å². The fraction of sp³-hybridized carbons (Fsp3) is 0.824. The van der Waals surface area contributed by atoms with Crippen LogP contribution in [0.3, 0.4) is 0 Å². The Balaban J connectivity index is 0.00000117. The minimum atomic E-state index is 0.478. The zero-order valence-electron chi connectivity index (χ0n) is 23.8. The van der Waals surface area contributed by atoms with Crippen LogP contribution in [0, 0.1) is 56.2 Å². The molecule has 8 unspecified atom stereocenters. The lowest BCUT2D eigenvalue weighted by atomic mass is 9.43. The first-order valence-electron chi connectivity index (χ1n) is 14.8. The van der Waals surface area contributed by atoms with Crippen LogP contribution in [0.15, 0.2) is 37.0 Å². The zero-order chi connectivity index (χ0) is 24.9. The molecule has 0 radical (unpaired) electrons. The van der Waals surface area contributed by atoms with Crippen molar-refractivity contribution < 1.29 is 0 Å². The molecule has 6 aliphatic rings. The van der Waals surface area contributed by atoms with E-state index in [1.807, 2.05) is 11.1 Å². The SMILES string of the molecule is C=C.C=CCC12CCC(C(C)C)=C1C1CCC34C5(C)CCC(C)C(C)(C)C5CCC3(C)C14CC2. The van der Waals surface area contributed by atoms with E-state index in [1.165, 1.54) is 70.6 Å². The summed E-state index contributed by atoms with van der Waals surface area (Å²) in [4.78, 5) is 0. The third kappa shape index (κ3) is 2.35. The van der Waals surface area contributed by atoms with Gasteiger partial charge in [0.05, 0.1) is 0 Å². The van der Waals surface area contributed by atoms with Crippen molar-refractivity contribution in [3.8, 4) is 0 Å². The van der Waals surface area contributed by atoms with E-state index in [2.05, 4.69) is 74.3 Å². The van der Waals surface area contributed by atoms with Crippen LogP contribution in [0.25, 0.3) is 0 Å². The molecule has 0 saturated heterocycles. The Morgan fingerprint density at radius 2 is 1.62 bits per heavy atom. The monoisotopic (exact) mass is 462 g/mol. The number of fused-ring (bicyclic) bond motifs is 3. The number of hydrogen-bond donors (Lipinski definition) is 0. The topological polar surface area (TPSA) is 0 Å². The number of hydrogen-bond acceptors (Lipinski definition) is 0. The van der Waals surface area contributed by atoms with Crippen molar-refractivity contribution in [2.45, 2.75) is 119 Å². The molecule has 0 bridgehead atoms. The maximum Gasteiger partial charge on any atom is -0.00447 e. The minimum absolute atomic E-state index is 0.478. The van der Waals surface area contributed by atoms with Crippen LogP contribution in [-0.4, -0.2) is 0 Å². The highest BCUT2D eigenvalue weighted by molar-refractivity contribution is 5.49. The van der Waals surface area contributed by atoms with E-state index in [4.69, 9.17) is 0 Å². The highest BCUT2D eigenvalue weighted by Gasteiger charge is 2.94. The van der Waals surface area contributed by atoms with E-state index in [-0.39, 0.29) is 0 Å². The molecule has 8 atom stereocenters. The van der Waals surface area contributed by atoms with Crippen molar-refractivity contribution in [2.24, 2.45) is 56.2 Å². The van der Waals surface area contributed by atoms with Gasteiger partial charge in [0.25, 0.3) is 0 Å². The van der Waals surface area contributed by atoms with Gasteiger partial charge < -0.3 is 0 Å². The normalized spacial score (nSPS) is 51.9. The standard InChI is InChI=1S/C32H50.C2H4/c1-9-14-30-17-11-23(21(2)3)26(30)24-12-18-32-28(7)15-10-22(4)27(5,6)25(28)13-16-29(32,8)31(24,32)20-19-30;1-2/h9,21-22,24-25H,1,10-20H2,2-8H3;1-2H2. The predicted molar refractivity (Wildman–Crippen MR) is 148 cm³/mol. The second-order valence-corrected chi connectivity index (χ2v) is 14.9. The molecule has 6 aliphatic carbocycles. The summed E-state index contributed by atoms with van der Waals surface area (Å²) in [6.07, 6.45) is 18.3. The second kappa shape index (κ2) is 7.38. The van der Waals surface area contributed by atoms with Gasteiger partial charge in [-0.05, 0) is 127 Å². The first-order chi connectivity index (χ1) is 16.0. The Morgan fingerprint density at radius 3 is 2.26 bits per heavy atom. The third-order valence-corrected chi connectivity index (χ3v) is 14.3. The highest BCUT2D eigenvalue weighted by atomic mass is 15.0. The van der Waals surface area contributed by atoms with Crippen LogP contribution in [0.5, 0.6) is 0 Å². The summed E-state index contributed by atoms with van der Waals surface area (Å²) in [6.45, 7) is 28.7. The summed E-state index contributed by atoms with van der Waals surface area (Å²) in [5, 5.41) is 0. The molecule has 0 aliphatic heterocycles. The first kappa shape index (κ1) is 24.9. The molecule has 190 valence electrons. The lowest BCUT2D eigenvalue weighted by Crippen LogP contribution is -2.54. The molecule has 0 amide bonds. The van der Waals surface area contributed by atoms with Gasteiger partial charge in [0, 0.05) is 0 Å². The van der Waals surface area contributed by atoms with E-state index in [9.17, 15) is 0 Å². The molecule has 0 nitrogen and oxygen atoms in total. The molecule has 0 aromatic heterocycles. The molecule has 6 rings (SSSR count). The maximum absolute atomic E-state index is 4.24. The van der Waals surface area contributed by atoms with Gasteiger partial charge >= 0.3 is 0 Å². The van der Waals surface area contributed by atoms with Gasteiger partial charge in [0.2, 0.25) is 0 Å². The van der Waals surface area contributed by atoms with Crippen LogP contribution >= 0.6 is 0 Å². The van der Waals surface area contributed by atoms with E-state index < -0.39 is 0 Å². The molecular weight excluding hydrogens is 408 g/mol. The Morgan fingerprint density at radius 1 is 0.912 bits per heavy atom. The average Bonchev–Trinajstić information content (AvgIpc) is 3.10. The van der Waals surface area contributed by atoms with E-state index in [0.29, 0.717) is 32.5 Å². The predicted octanol–water partition coefficient (Wildman–Crippen LogP) is 10.2. The van der Waals surface area contributed by atoms with Gasteiger partial charge in [0.15, 0.2) is 0 Å². The summed E-state index contributed by atoms with van der Waals surface area (Å²) in [5.41, 5.74) is 7.27. The van der Waals surface area contributed by atoms with Crippen molar-refractivity contribution in [1.29, 1.82) is 0 Å². The highest BCUT2D eigenvalue weighted by Crippen LogP contribution is 3.00. The van der Waals surface area contributed by atoms with Crippen LogP contribution in [-0.2, 0) is 0 Å². The summed E-state index contributed by atoms with van der Waals surface area (Å²) in [7, 11) is 0. The first-order valence-corrected chi connectivity index (χ1v) is 14.8. The van der Waals surface area contributed by atoms with Gasteiger partial charge in [-0.3, -0.25) is 0 Å². The van der Waals surface area contributed by atoms with Crippen molar-refractivity contribution in [3.05, 3.63) is 37.0 Å². The molecule has 0 aromatic rings. The lowest BCUT2D eigenvalue weighted by Gasteiger charge is -2.61. The molecule has 34 heavy (non-hydrogen) atoms. The Hall–Kier alpha value is -0.780. The molecular formula is C34H54. The fourth-order valence-electron chi connectivity index (χ4n) is 13.0. The van der Waals surface area contributed by atoms with Gasteiger partial charge in [0.1, 0.15) is 0 Å². The van der Waals surface area contributed by atoms with Crippen LogP contribution in [0.2, 0.25) is 0 Å². The molecule has 2 spiro atoms. The van der Waals surface area contributed by atoms with Crippen molar-refractivity contribution >= 4 is 0 Å². The smallest absolute Gasteiger partial charge is 0.00447 e. The fourth-order valence-corrected chi connectivity index (χ4v) is 13.0. The molecule has 0 heteroatoms. The summed E-state index contributed by atoms with van der Waals surface area (Å²) < 4.78 is 0. The van der Waals surface area contributed by atoms with Crippen molar-refractivity contribution in [1.82, 2.24) is 0 Å². The Kier molecular flexibility index (Phi) is 5.41. The second-order valence-electron chi connectivity index (χ2n) is 14.9.